The lowest BCUT2D eigenvalue weighted by Gasteiger charge is -2.40. The predicted octanol–water partition coefficient (Wildman–Crippen LogP) is 4.94. The minimum absolute atomic E-state index is 0.0481. The number of amides is 2. The molecule has 0 bridgehead atoms. The number of rotatable bonds is 2. The number of carbonyl (C=O) groups is 2. The normalized spacial score (nSPS) is 19.1. The summed E-state index contributed by atoms with van der Waals surface area (Å²) in [7, 11) is 1.91. The largest absolute Gasteiger partial charge is 0.365 e. The first-order valence-corrected chi connectivity index (χ1v) is 10.7. The Kier molecular flexibility index (Phi) is 5.43. The van der Waals surface area contributed by atoms with Gasteiger partial charge in [0.25, 0.3) is 11.8 Å². The van der Waals surface area contributed by atoms with Gasteiger partial charge in [0.05, 0.1) is 11.2 Å². The van der Waals surface area contributed by atoms with Crippen molar-refractivity contribution in [3.05, 3.63) is 70.0 Å². The standard InChI is InChI=1S/C24H21ClFN3O2S/c1-13-12-24(2,3)28(4)20-11-19(26)14(9-17(13)20)10-18-21(30)27-23(32)29(22(18)31)16-7-5-15(25)6-8-16/h5-12H,1-4H3,(H,27,30,32)/b18-10-. The molecule has 0 unspecified atom stereocenters. The van der Waals surface area contributed by atoms with Crippen molar-refractivity contribution in [2.24, 2.45) is 0 Å². The second-order valence-corrected chi connectivity index (χ2v) is 9.19. The van der Waals surface area contributed by atoms with Gasteiger partial charge >= 0.3 is 0 Å². The van der Waals surface area contributed by atoms with Crippen LogP contribution in [0.4, 0.5) is 15.8 Å². The number of nitrogens with one attached hydrogen (secondary N) is 1. The topological polar surface area (TPSA) is 52.7 Å². The number of thiocarbonyl (C=S) groups is 1. The van der Waals surface area contributed by atoms with Crippen molar-refractivity contribution in [2.75, 3.05) is 16.8 Å². The first-order valence-electron chi connectivity index (χ1n) is 9.94. The van der Waals surface area contributed by atoms with Gasteiger partial charge in [0.15, 0.2) is 5.11 Å². The molecule has 2 aromatic rings. The molecule has 0 atom stereocenters. The van der Waals surface area contributed by atoms with Gasteiger partial charge in [-0.05, 0) is 81.0 Å². The van der Waals surface area contributed by atoms with Crippen LogP contribution in [0.2, 0.25) is 5.02 Å². The lowest BCUT2D eigenvalue weighted by Crippen LogP contribution is -2.54. The molecule has 0 aromatic heterocycles. The maximum absolute atomic E-state index is 15.1. The summed E-state index contributed by atoms with van der Waals surface area (Å²) in [4.78, 5) is 28.9. The van der Waals surface area contributed by atoms with E-state index < -0.39 is 17.6 Å². The van der Waals surface area contributed by atoms with Crippen molar-refractivity contribution < 1.29 is 14.0 Å². The molecule has 32 heavy (non-hydrogen) atoms. The van der Waals surface area contributed by atoms with E-state index in [1.165, 1.54) is 17.0 Å². The van der Waals surface area contributed by atoms with Crippen LogP contribution in [0.5, 0.6) is 0 Å². The minimum Gasteiger partial charge on any atom is -0.365 e. The Labute approximate surface area is 196 Å². The Balaban J connectivity index is 1.78. The molecule has 4 rings (SSSR count). The zero-order valence-electron chi connectivity index (χ0n) is 18.0. The van der Waals surface area contributed by atoms with Crippen LogP contribution in [-0.2, 0) is 9.59 Å². The van der Waals surface area contributed by atoms with Gasteiger partial charge in [0, 0.05) is 28.9 Å². The van der Waals surface area contributed by atoms with E-state index in [4.69, 9.17) is 23.8 Å². The summed E-state index contributed by atoms with van der Waals surface area (Å²) in [5.41, 5.74) is 2.70. The van der Waals surface area contributed by atoms with Gasteiger partial charge in [-0.25, -0.2) is 4.39 Å². The average molecular weight is 470 g/mol. The Morgan fingerprint density at radius 1 is 1.16 bits per heavy atom. The Morgan fingerprint density at radius 3 is 2.47 bits per heavy atom. The number of fused-ring (bicyclic) bond motifs is 1. The number of benzene rings is 2. The third-order valence-electron chi connectivity index (χ3n) is 5.82. The summed E-state index contributed by atoms with van der Waals surface area (Å²) in [5.74, 6) is -1.84. The molecule has 2 aliphatic heterocycles. The van der Waals surface area contributed by atoms with Gasteiger partial charge in [-0.3, -0.25) is 19.8 Å². The summed E-state index contributed by atoms with van der Waals surface area (Å²) in [6.45, 7) is 6.06. The summed E-state index contributed by atoms with van der Waals surface area (Å²) in [6.07, 6.45) is 3.37. The number of hydrogen-bond acceptors (Lipinski definition) is 4. The molecule has 1 N–H and O–H groups in total. The highest BCUT2D eigenvalue weighted by Gasteiger charge is 2.35. The summed E-state index contributed by atoms with van der Waals surface area (Å²) in [6, 6.07) is 9.56. The summed E-state index contributed by atoms with van der Waals surface area (Å²) in [5, 5.41) is 2.95. The van der Waals surface area contributed by atoms with E-state index in [1.54, 1.807) is 30.3 Å². The van der Waals surface area contributed by atoms with E-state index in [0.717, 1.165) is 16.8 Å². The first-order chi connectivity index (χ1) is 15.0. The average Bonchev–Trinajstić information content (AvgIpc) is 2.71. The van der Waals surface area contributed by atoms with Crippen molar-refractivity contribution in [3.8, 4) is 0 Å². The monoisotopic (exact) mass is 469 g/mol. The number of halogens is 2. The molecule has 2 amide bonds. The van der Waals surface area contributed by atoms with Crippen LogP contribution in [0, 0.1) is 5.82 Å². The zero-order valence-corrected chi connectivity index (χ0v) is 19.6. The van der Waals surface area contributed by atoms with Crippen molar-refractivity contribution >= 4 is 63.8 Å². The van der Waals surface area contributed by atoms with Crippen LogP contribution in [0.1, 0.15) is 31.9 Å². The van der Waals surface area contributed by atoms with Gasteiger partial charge in [0.1, 0.15) is 11.4 Å². The summed E-state index contributed by atoms with van der Waals surface area (Å²) >= 11 is 11.1. The molecule has 164 valence electrons. The Bertz CT molecular complexity index is 1230. The molecule has 2 aromatic carbocycles. The quantitative estimate of drug-likeness (QED) is 0.384. The number of allylic oxidation sites excluding steroid dienone is 1. The van der Waals surface area contributed by atoms with Crippen LogP contribution >= 0.6 is 23.8 Å². The maximum Gasteiger partial charge on any atom is 0.270 e. The van der Waals surface area contributed by atoms with E-state index in [1.807, 2.05) is 32.7 Å². The second kappa shape index (κ2) is 7.83. The van der Waals surface area contributed by atoms with Crippen molar-refractivity contribution in [1.82, 2.24) is 5.32 Å². The molecule has 2 aliphatic rings. The van der Waals surface area contributed by atoms with Crippen molar-refractivity contribution in [3.63, 3.8) is 0 Å². The molecule has 0 saturated carbocycles. The molecule has 0 spiro atoms. The maximum atomic E-state index is 15.1. The van der Waals surface area contributed by atoms with Gasteiger partial charge < -0.3 is 4.90 Å². The number of carbonyl (C=O) groups excluding carboxylic acids is 2. The number of hydrogen-bond donors (Lipinski definition) is 1. The lowest BCUT2D eigenvalue weighted by molar-refractivity contribution is -0.122. The highest BCUT2D eigenvalue weighted by molar-refractivity contribution is 7.80. The molecule has 1 saturated heterocycles. The highest BCUT2D eigenvalue weighted by Crippen LogP contribution is 2.39. The number of likely N-dealkylation sites (N-methyl/N-ethyl adjacent to an activating group) is 1. The Morgan fingerprint density at radius 2 is 1.81 bits per heavy atom. The highest BCUT2D eigenvalue weighted by atomic mass is 35.5. The van der Waals surface area contributed by atoms with Crippen LogP contribution < -0.4 is 15.1 Å². The van der Waals surface area contributed by atoms with Crippen LogP contribution in [-0.4, -0.2) is 29.5 Å². The van der Waals surface area contributed by atoms with E-state index >= 15 is 4.39 Å². The third-order valence-corrected chi connectivity index (χ3v) is 6.36. The smallest absolute Gasteiger partial charge is 0.270 e. The zero-order chi connectivity index (χ0) is 23.4. The fraction of sp³-hybridized carbons (Fsp3) is 0.208. The van der Waals surface area contributed by atoms with Gasteiger partial charge in [-0.2, -0.15) is 0 Å². The van der Waals surface area contributed by atoms with Crippen LogP contribution in [0.3, 0.4) is 0 Å². The second-order valence-electron chi connectivity index (χ2n) is 8.37. The Hall–Kier alpha value is -3.03. The van der Waals surface area contributed by atoms with Gasteiger partial charge in [-0.15, -0.1) is 0 Å². The molecular weight excluding hydrogens is 449 g/mol. The predicted molar refractivity (Wildman–Crippen MR) is 130 cm³/mol. The van der Waals surface area contributed by atoms with E-state index in [9.17, 15) is 9.59 Å². The third kappa shape index (κ3) is 3.72. The number of anilines is 2. The summed E-state index contributed by atoms with van der Waals surface area (Å²) < 4.78 is 15.1. The van der Waals surface area contributed by atoms with Gasteiger partial charge in [0.2, 0.25) is 0 Å². The fourth-order valence-corrected chi connectivity index (χ4v) is 4.34. The van der Waals surface area contributed by atoms with Crippen LogP contribution in [0.25, 0.3) is 11.6 Å². The molecule has 8 heteroatoms. The molecule has 5 nitrogen and oxygen atoms in total. The van der Waals surface area contributed by atoms with E-state index in [-0.39, 0.29) is 21.8 Å². The SMILES string of the molecule is CC1=CC(C)(C)N(C)c2cc(F)c(/C=C3/C(=O)NC(=S)N(c4ccc(Cl)cc4)C3=O)cc21. The lowest BCUT2D eigenvalue weighted by atomic mass is 9.88. The van der Waals surface area contributed by atoms with E-state index in [2.05, 4.69) is 11.4 Å². The van der Waals surface area contributed by atoms with Gasteiger partial charge in [-0.1, -0.05) is 17.7 Å². The number of nitrogens with zero attached hydrogens (tertiary/aromatic N) is 2. The van der Waals surface area contributed by atoms with Crippen molar-refractivity contribution in [1.29, 1.82) is 0 Å². The molecule has 0 aliphatic carbocycles. The van der Waals surface area contributed by atoms with E-state index in [0.29, 0.717) is 10.7 Å². The molecule has 2 heterocycles. The van der Waals surface area contributed by atoms with Crippen molar-refractivity contribution in [2.45, 2.75) is 26.3 Å². The van der Waals surface area contributed by atoms with Crippen LogP contribution in [0.15, 0.2) is 48.0 Å². The first kappa shape index (κ1) is 22.2. The fourth-order valence-electron chi connectivity index (χ4n) is 3.94. The molecular formula is C24H21ClFN3O2S. The molecule has 1 fully saturated rings. The molecule has 0 radical (unpaired) electrons. The minimum atomic E-state index is -0.673.